The van der Waals surface area contributed by atoms with Crippen molar-refractivity contribution in [3.8, 4) is 0 Å². The molecule has 0 saturated carbocycles. The molecule has 1 fully saturated rings. The van der Waals surface area contributed by atoms with Crippen molar-refractivity contribution in [3.05, 3.63) is 102 Å². The van der Waals surface area contributed by atoms with Crippen molar-refractivity contribution < 1.29 is 18.8 Å². The van der Waals surface area contributed by atoms with Gasteiger partial charge in [0.05, 0.1) is 17.6 Å². The summed E-state index contributed by atoms with van der Waals surface area (Å²) in [5, 5.41) is 0. The normalized spacial score (nSPS) is 16.2. The topological polar surface area (TPSA) is 70.8 Å². The highest BCUT2D eigenvalue weighted by Crippen LogP contribution is 2.28. The molecule has 3 aromatic rings. The highest BCUT2D eigenvalue weighted by molar-refractivity contribution is 6.45. The number of barbiturate groups is 1. The van der Waals surface area contributed by atoms with Crippen LogP contribution in [0.15, 0.2) is 95.1 Å². The summed E-state index contributed by atoms with van der Waals surface area (Å²) < 4.78 is 5.22. The molecular weight excluding hydrogens is 380 g/mol. The number of aryl methyl sites for hydroxylation is 1. The molecule has 30 heavy (non-hydrogen) atoms. The van der Waals surface area contributed by atoms with E-state index in [1.807, 2.05) is 6.92 Å². The van der Waals surface area contributed by atoms with E-state index >= 15 is 0 Å². The first-order valence-electron chi connectivity index (χ1n) is 9.33. The van der Waals surface area contributed by atoms with E-state index in [4.69, 9.17) is 4.42 Å². The molecule has 4 rings (SSSR count). The van der Waals surface area contributed by atoms with E-state index in [9.17, 15) is 14.4 Å². The van der Waals surface area contributed by atoms with Gasteiger partial charge >= 0.3 is 6.03 Å². The minimum atomic E-state index is -0.716. The van der Waals surface area contributed by atoms with E-state index in [0.29, 0.717) is 17.1 Å². The zero-order valence-corrected chi connectivity index (χ0v) is 16.2. The minimum absolute atomic E-state index is 0.123. The molecule has 148 valence electrons. The molecule has 1 saturated heterocycles. The molecule has 2 heterocycles. The highest BCUT2D eigenvalue weighted by atomic mass is 16.3. The zero-order chi connectivity index (χ0) is 21.1. The second kappa shape index (κ2) is 8.05. The first-order valence-corrected chi connectivity index (χ1v) is 9.33. The number of para-hydroxylation sites is 1. The molecule has 6 heteroatoms. The van der Waals surface area contributed by atoms with E-state index in [2.05, 4.69) is 0 Å². The van der Waals surface area contributed by atoms with Gasteiger partial charge < -0.3 is 4.42 Å². The molecule has 4 amide bonds. The molecule has 0 radical (unpaired) electrons. The Morgan fingerprint density at radius 2 is 1.40 bits per heavy atom. The average Bonchev–Trinajstić information content (AvgIpc) is 3.26. The van der Waals surface area contributed by atoms with E-state index in [-0.39, 0.29) is 5.57 Å². The molecular formula is C24H18N2O4. The predicted molar refractivity (Wildman–Crippen MR) is 114 cm³/mol. The van der Waals surface area contributed by atoms with Crippen LogP contribution in [0.4, 0.5) is 16.2 Å². The lowest BCUT2D eigenvalue weighted by molar-refractivity contribution is -0.121. The van der Waals surface area contributed by atoms with Crippen molar-refractivity contribution in [2.24, 2.45) is 0 Å². The summed E-state index contributed by atoms with van der Waals surface area (Å²) in [6, 6.07) is 18.3. The van der Waals surface area contributed by atoms with Crippen LogP contribution in [-0.2, 0) is 9.59 Å². The zero-order valence-electron chi connectivity index (χ0n) is 16.2. The number of imide groups is 2. The number of furan rings is 1. The monoisotopic (exact) mass is 398 g/mol. The summed E-state index contributed by atoms with van der Waals surface area (Å²) in [5.74, 6) is -0.775. The number of benzene rings is 2. The maximum absolute atomic E-state index is 13.2. The van der Waals surface area contributed by atoms with E-state index in [1.54, 1.807) is 78.9 Å². The van der Waals surface area contributed by atoms with Gasteiger partial charge in [-0.1, -0.05) is 42.0 Å². The van der Waals surface area contributed by atoms with Gasteiger partial charge in [-0.2, -0.15) is 0 Å². The van der Waals surface area contributed by atoms with Crippen LogP contribution < -0.4 is 9.80 Å². The maximum atomic E-state index is 13.2. The van der Waals surface area contributed by atoms with E-state index in [1.165, 1.54) is 12.3 Å². The lowest BCUT2D eigenvalue weighted by Gasteiger charge is -2.33. The van der Waals surface area contributed by atoms with Crippen molar-refractivity contribution in [1.29, 1.82) is 0 Å². The maximum Gasteiger partial charge on any atom is 0.343 e. The molecule has 0 unspecified atom stereocenters. The van der Waals surface area contributed by atoms with Crippen LogP contribution in [0, 0.1) is 6.92 Å². The number of amides is 4. The fraction of sp³-hybridized carbons (Fsp3) is 0.0417. The van der Waals surface area contributed by atoms with E-state index in [0.717, 1.165) is 15.4 Å². The number of urea groups is 1. The predicted octanol–water partition coefficient (Wildman–Crippen LogP) is 4.73. The third-order valence-electron chi connectivity index (χ3n) is 4.62. The number of carbonyl (C=O) groups excluding carboxylic acids is 3. The smallest absolute Gasteiger partial charge is 0.343 e. The Bertz CT molecular complexity index is 1140. The lowest BCUT2D eigenvalue weighted by Crippen LogP contribution is -2.57. The first kappa shape index (κ1) is 19.1. The lowest BCUT2D eigenvalue weighted by atomic mass is 10.1. The van der Waals surface area contributed by atoms with Gasteiger partial charge in [-0.3, -0.25) is 9.59 Å². The second-order valence-electron chi connectivity index (χ2n) is 6.69. The summed E-state index contributed by atoms with van der Waals surface area (Å²) >= 11 is 0. The van der Waals surface area contributed by atoms with Crippen LogP contribution in [0.1, 0.15) is 11.3 Å². The molecule has 1 aromatic heterocycles. The standard InChI is InChI=1S/C24H18N2O4/c1-17-12-14-19(15-13-17)26-23(28)21(11-5-9-20-10-6-16-30-20)22(27)25(24(26)29)18-7-3-2-4-8-18/h2-16H,1H3/b9-5+,21-11+. The fourth-order valence-electron chi connectivity index (χ4n) is 3.10. The van der Waals surface area contributed by atoms with Gasteiger partial charge in [-0.25, -0.2) is 14.6 Å². The molecule has 0 aliphatic carbocycles. The Morgan fingerprint density at radius 1 is 0.767 bits per heavy atom. The summed E-state index contributed by atoms with van der Waals surface area (Å²) in [4.78, 5) is 41.4. The van der Waals surface area contributed by atoms with Crippen LogP contribution >= 0.6 is 0 Å². The van der Waals surface area contributed by atoms with Crippen LogP contribution in [0.25, 0.3) is 6.08 Å². The second-order valence-corrected chi connectivity index (χ2v) is 6.69. The molecule has 0 N–H and O–H groups in total. The van der Waals surface area contributed by atoms with Gasteiger partial charge in [0.2, 0.25) is 0 Å². The molecule has 2 aromatic carbocycles. The van der Waals surface area contributed by atoms with Gasteiger partial charge in [-0.05, 0) is 55.5 Å². The fourth-order valence-corrected chi connectivity index (χ4v) is 3.10. The Balaban J connectivity index is 1.78. The third kappa shape index (κ3) is 3.58. The number of hydrogen-bond acceptors (Lipinski definition) is 4. The average molecular weight is 398 g/mol. The number of nitrogens with zero attached hydrogens (tertiary/aromatic N) is 2. The third-order valence-corrected chi connectivity index (χ3v) is 4.62. The Morgan fingerprint density at radius 3 is 2.00 bits per heavy atom. The van der Waals surface area contributed by atoms with Gasteiger partial charge in [0, 0.05) is 0 Å². The Labute approximate surface area is 173 Å². The van der Waals surface area contributed by atoms with Crippen LogP contribution in [0.5, 0.6) is 0 Å². The van der Waals surface area contributed by atoms with Crippen molar-refractivity contribution in [3.63, 3.8) is 0 Å². The number of anilines is 2. The largest absolute Gasteiger partial charge is 0.465 e. The number of carbonyl (C=O) groups is 3. The summed E-state index contributed by atoms with van der Waals surface area (Å²) in [5.41, 5.74) is 1.65. The molecule has 0 bridgehead atoms. The molecule has 6 nitrogen and oxygen atoms in total. The van der Waals surface area contributed by atoms with E-state index < -0.39 is 17.8 Å². The minimum Gasteiger partial charge on any atom is -0.465 e. The Hall–Kier alpha value is -4.19. The summed E-state index contributed by atoms with van der Waals surface area (Å²) in [6.07, 6.45) is 6.11. The van der Waals surface area contributed by atoms with Crippen LogP contribution in [0.2, 0.25) is 0 Å². The number of allylic oxidation sites excluding steroid dienone is 2. The molecule has 1 aliphatic heterocycles. The molecule has 1 aliphatic rings. The molecule has 0 spiro atoms. The quantitative estimate of drug-likeness (QED) is 0.471. The summed E-state index contributed by atoms with van der Waals surface area (Å²) in [6.45, 7) is 1.91. The van der Waals surface area contributed by atoms with Gasteiger partial charge in [0.1, 0.15) is 11.3 Å². The molecule has 0 atom stereocenters. The van der Waals surface area contributed by atoms with Crippen LogP contribution in [0.3, 0.4) is 0 Å². The van der Waals surface area contributed by atoms with Crippen molar-refractivity contribution in [2.45, 2.75) is 6.92 Å². The number of hydrogen-bond donors (Lipinski definition) is 0. The van der Waals surface area contributed by atoms with Gasteiger partial charge in [0.25, 0.3) is 11.8 Å². The van der Waals surface area contributed by atoms with Gasteiger partial charge in [-0.15, -0.1) is 0 Å². The van der Waals surface area contributed by atoms with Crippen molar-refractivity contribution in [2.75, 3.05) is 9.80 Å². The van der Waals surface area contributed by atoms with Crippen molar-refractivity contribution in [1.82, 2.24) is 0 Å². The van der Waals surface area contributed by atoms with Gasteiger partial charge in [0.15, 0.2) is 0 Å². The summed E-state index contributed by atoms with van der Waals surface area (Å²) in [7, 11) is 0. The highest BCUT2D eigenvalue weighted by Gasteiger charge is 2.43. The Kier molecular flexibility index (Phi) is 5.13. The number of rotatable bonds is 4. The van der Waals surface area contributed by atoms with Crippen molar-refractivity contribution >= 4 is 35.3 Å². The first-order chi connectivity index (χ1) is 14.6. The SMILES string of the molecule is Cc1ccc(N2C(=O)/C(=C/C=C/c3ccco3)C(=O)N(c3ccccc3)C2=O)cc1. The van der Waals surface area contributed by atoms with Crippen LogP contribution in [-0.4, -0.2) is 17.8 Å².